The van der Waals surface area contributed by atoms with Gasteiger partial charge in [0.05, 0.1) is 11.3 Å². The Morgan fingerprint density at radius 1 is 1.12 bits per heavy atom. The number of aromatic nitrogens is 4. The smallest absolute Gasteiger partial charge is 0.383 e. The van der Waals surface area contributed by atoms with Crippen LogP contribution in [0, 0.1) is 6.92 Å². The highest BCUT2D eigenvalue weighted by atomic mass is 32.1. The average Bonchev–Trinajstić information content (AvgIpc) is 3.42. The van der Waals surface area contributed by atoms with Crippen LogP contribution in [0.4, 0.5) is 24.8 Å². The molecule has 1 aliphatic carbocycles. The monoisotopic (exact) mass is 568 g/mol. The van der Waals surface area contributed by atoms with Crippen molar-refractivity contribution in [3.8, 4) is 10.4 Å². The van der Waals surface area contributed by atoms with E-state index in [9.17, 15) is 23.1 Å². The Morgan fingerprint density at radius 3 is 2.65 bits per heavy atom. The fourth-order valence-electron chi connectivity index (χ4n) is 4.75. The molecule has 0 spiro atoms. The summed E-state index contributed by atoms with van der Waals surface area (Å²) in [5.41, 5.74) is 0.942. The topological polar surface area (TPSA) is 113 Å². The van der Waals surface area contributed by atoms with E-state index in [4.69, 9.17) is 0 Å². The quantitative estimate of drug-likeness (QED) is 0.268. The van der Waals surface area contributed by atoms with Crippen LogP contribution in [-0.2, 0) is 23.0 Å². The number of hydrogen-bond donors (Lipinski definition) is 3. The summed E-state index contributed by atoms with van der Waals surface area (Å²) in [5, 5.41) is 17.9. The van der Waals surface area contributed by atoms with Gasteiger partial charge in [0.15, 0.2) is 0 Å². The first-order valence-electron chi connectivity index (χ1n) is 12.7. The van der Waals surface area contributed by atoms with Crippen molar-refractivity contribution in [2.45, 2.75) is 56.8 Å². The maximum absolute atomic E-state index is 13.0. The van der Waals surface area contributed by atoms with E-state index in [1.165, 1.54) is 11.3 Å². The summed E-state index contributed by atoms with van der Waals surface area (Å²) in [6.07, 6.45) is 3.96. The number of amides is 1. The molecule has 5 rings (SSSR count). The van der Waals surface area contributed by atoms with Crippen molar-refractivity contribution < 1.29 is 23.1 Å². The molecule has 3 N–H and O–H groups in total. The zero-order chi connectivity index (χ0) is 28.3. The number of carbonyl (C=O) groups is 1. The molecule has 208 valence electrons. The number of thiazole rings is 1. The van der Waals surface area contributed by atoms with Gasteiger partial charge in [0.2, 0.25) is 11.9 Å². The summed E-state index contributed by atoms with van der Waals surface area (Å²) in [5.74, 6) is -0.227. The van der Waals surface area contributed by atoms with Crippen molar-refractivity contribution in [3.05, 3.63) is 83.0 Å². The number of carbonyl (C=O) groups excluding carboxylic acids is 1. The maximum atomic E-state index is 13.0. The van der Waals surface area contributed by atoms with Gasteiger partial charge in [-0.2, -0.15) is 13.2 Å². The van der Waals surface area contributed by atoms with Gasteiger partial charge in [-0.05, 0) is 73.6 Å². The lowest BCUT2D eigenvalue weighted by Crippen LogP contribution is -2.42. The molecule has 1 saturated carbocycles. The molecule has 0 bridgehead atoms. The van der Waals surface area contributed by atoms with Crippen molar-refractivity contribution >= 4 is 28.9 Å². The summed E-state index contributed by atoms with van der Waals surface area (Å²) in [6, 6.07) is 9.96. The van der Waals surface area contributed by atoms with E-state index >= 15 is 0 Å². The molecular weight excluding hydrogens is 541 g/mol. The van der Waals surface area contributed by atoms with E-state index in [1.54, 1.807) is 36.8 Å². The van der Waals surface area contributed by atoms with Crippen LogP contribution in [0.1, 0.15) is 47.5 Å². The van der Waals surface area contributed by atoms with Gasteiger partial charge in [-0.15, -0.1) is 11.3 Å². The summed E-state index contributed by atoms with van der Waals surface area (Å²) in [6.45, 7) is 1.88. The highest BCUT2D eigenvalue weighted by Crippen LogP contribution is 2.41. The van der Waals surface area contributed by atoms with Gasteiger partial charge in [0, 0.05) is 36.5 Å². The number of anilines is 2. The lowest BCUT2D eigenvalue weighted by Gasteiger charge is -2.34. The largest absolute Gasteiger partial charge is 0.433 e. The van der Waals surface area contributed by atoms with Crippen molar-refractivity contribution in [1.29, 1.82) is 0 Å². The second-order valence-electron chi connectivity index (χ2n) is 9.92. The molecule has 12 heteroatoms. The molecule has 0 saturated heterocycles. The van der Waals surface area contributed by atoms with Crippen LogP contribution in [-0.4, -0.2) is 37.0 Å². The van der Waals surface area contributed by atoms with E-state index in [1.807, 2.05) is 19.1 Å². The van der Waals surface area contributed by atoms with E-state index in [0.29, 0.717) is 36.4 Å². The highest BCUT2D eigenvalue weighted by molar-refractivity contribution is 7.15. The molecule has 1 amide bonds. The van der Waals surface area contributed by atoms with Crippen molar-refractivity contribution in [2.24, 2.45) is 0 Å². The molecule has 40 heavy (non-hydrogen) atoms. The van der Waals surface area contributed by atoms with Gasteiger partial charge in [0.25, 0.3) is 0 Å². The van der Waals surface area contributed by atoms with Crippen LogP contribution >= 0.6 is 11.3 Å². The van der Waals surface area contributed by atoms with Crippen LogP contribution < -0.4 is 10.6 Å². The minimum Gasteiger partial charge on any atom is -0.383 e. The van der Waals surface area contributed by atoms with Gasteiger partial charge >= 0.3 is 6.18 Å². The Morgan fingerprint density at radius 2 is 1.93 bits per heavy atom. The molecule has 0 atom stereocenters. The third kappa shape index (κ3) is 6.62. The van der Waals surface area contributed by atoms with Crippen LogP contribution in [0.2, 0.25) is 0 Å². The van der Waals surface area contributed by atoms with Gasteiger partial charge < -0.3 is 15.7 Å². The molecule has 0 unspecified atom stereocenters. The lowest BCUT2D eigenvalue weighted by atomic mass is 9.82. The number of aryl methyl sites for hydroxylation is 1. The van der Waals surface area contributed by atoms with Gasteiger partial charge in [0.1, 0.15) is 16.3 Å². The van der Waals surface area contributed by atoms with Crippen molar-refractivity contribution in [2.75, 3.05) is 5.32 Å². The van der Waals surface area contributed by atoms with Crippen LogP contribution in [0.15, 0.2) is 61.2 Å². The minimum absolute atomic E-state index is 0.0210. The fourth-order valence-corrected chi connectivity index (χ4v) is 5.80. The highest BCUT2D eigenvalue weighted by Gasteiger charge is 2.38. The molecule has 8 nitrogen and oxygen atoms in total. The Hall–Kier alpha value is -3.90. The number of halogens is 3. The van der Waals surface area contributed by atoms with Gasteiger partial charge in [-0.3, -0.25) is 9.78 Å². The number of rotatable bonds is 7. The van der Waals surface area contributed by atoms with Crippen molar-refractivity contribution in [1.82, 2.24) is 25.3 Å². The second-order valence-corrected chi connectivity index (χ2v) is 10.9. The number of aliphatic hydroxyl groups is 1. The Labute approximate surface area is 232 Å². The van der Waals surface area contributed by atoms with Crippen molar-refractivity contribution in [3.63, 3.8) is 0 Å². The lowest BCUT2D eigenvalue weighted by molar-refractivity contribution is -0.141. The van der Waals surface area contributed by atoms with Crippen LogP contribution in [0.25, 0.3) is 10.4 Å². The zero-order valence-electron chi connectivity index (χ0n) is 21.6. The number of benzene rings is 1. The first-order chi connectivity index (χ1) is 19.1. The van der Waals surface area contributed by atoms with Crippen LogP contribution in [0.3, 0.4) is 0 Å². The molecule has 3 aromatic heterocycles. The Balaban J connectivity index is 1.24. The molecule has 3 heterocycles. The molecule has 1 aliphatic rings. The number of nitrogens with zero attached hydrogens (tertiary/aromatic N) is 4. The SMILES string of the molecule is Cc1cc(Nc2nccc(C(F)(F)F)n2)cc(-c2cnc(C3(O)CCC(NC(=O)Cc4cccnc4)CC3)s2)c1. The first-order valence-corrected chi connectivity index (χ1v) is 13.6. The van der Waals surface area contributed by atoms with E-state index in [0.717, 1.165) is 33.8 Å². The summed E-state index contributed by atoms with van der Waals surface area (Å²) in [4.78, 5) is 29.3. The third-order valence-electron chi connectivity index (χ3n) is 6.73. The summed E-state index contributed by atoms with van der Waals surface area (Å²) in [7, 11) is 0. The average molecular weight is 569 g/mol. The molecule has 0 aliphatic heterocycles. The third-order valence-corrected chi connectivity index (χ3v) is 7.97. The molecule has 1 aromatic carbocycles. The number of nitrogens with one attached hydrogen (secondary N) is 2. The summed E-state index contributed by atoms with van der Waals surface area (Å²) < 4.78 is 39.1. The van der Waals surface area contributed by atoms with E-state index < -0.39 is 17.5 Å². The fraction of sp³-hybridized carbons (Fsp3) is 0.321. The zero-order valence-corrected chi connectivity index (χ0v) is 22.4. The maximum Gasteiger partial charge on any atom is 0.433 e. The van der Waals surface area contributed by atoms with Gasteiger partial charge in [-0.1, -0.05) is 12.1 Å². The second kappa shape index (κ2) is 11.3. The number of pyridine rings is 1. The van der Waals surface area contributed by atoms with Gasteiger partial charge in [-0.25, -0.2) is 15.0 Å². The predicted octanol–water partition coefficient (Wildman–Crippen LogP) is 5.56. The molecular formula is C28H27F3N6O2S. The Bertz CT molecular complexity index is 1490. The molecule has 0 radical (unpaired) electrons. The van der Waals surface area contributed by atoms with E-state index in [-0.39, 0.29) is 24.3 Å². The van der Waals surface area contributed by atoms with E-state index in [2.05, 4.69) is 30.6 Å². The summed E-state index contributed by atoms with van der Waals surface area (Å²) >= 11 is 1.37. The first kappa shape index (κ1) is 27.7. The van der Waals surface area contributed by atoms with Crippen LogP contribution in [0.5, 0.6) is 0 Å². The minimum atomic E-state index is -4.57. The predicted molar refractivity (Wildman–Crippen MR) is 145 cm³/mol. The normalized spacial score (nSPS) is 19.3. The number of alkyl halides is 3. The molecule has 4 aromatic rings. The number of hydrogen-bond acceptors (Lipinski definition) is 8. The standard InChI is InChI=1S/C28H27F3N6O2S/c1-17-11-19(14-21(12-17)36-26-33-10-6-23(37-26)28(29,30)31)22-16-34-25(40-22)27(39)7-4-20(5-8-27)35-24(38)13-18-3-2-9-32-15-18/h2-3,6,9-12,14-16,20,39H,4-5,7-8,13H2,1H3,(H,35,38)(H,33,36,37). The Kier molecular flexibility index (Phi) is 7.81. The molecule has 1 fully saturated rings.